The number of nitrogens with zero attached hydrogens (tertiary/aromatic N) is 1. The molecule has 0 bridgehead atoms. The number of allylic oxidation sites excluding steroid dienone is 2. The highest BCUT2D eigenvalue weighted by Gasteiger charge is 2.40. The fraction of sp³-hybridized carbons (Fsp3) is 0.684. The maximum atomic E-state index is 12.4. The van der Waals surface area contributed by atoms with Gasteiger partial charge in [-0.3, -0.25) is 9.79 Å². The second kappa shape index (κ2) is 7.00. The Labute approximate surface area is 139 Å². The van der Waals surface area contributed by atoms with Crippen molar-refractivity contribution < 1.29 is 9.90 Å². The number of aliphatic imine (C=N–C) groups is 1. The van der Waals surface area contributed by atoms with E-state index in [0.717, 1.165) is 37.7 Å². The van der Waals surface area contributed by atoms with Gasteiger partial charge < -0.3 is 10.4 Å². The third-order valence-corrected chi connectivity index (χ3v) is 4.97. The maximum absolute atomic E-state index is 12.4. The number of hydrogen-bond donors (Lipinski definition) is 2. The van der Waals surface area contributed by atoms with Crippen LogP contribution in [0.5, 0.6) is 0 Å². The topological polar surface area (TPSA) is 61.7 Å². The number of carbonyl (C=O) groups is 1. The van der Waals surface area contributed by atoms with Crippen LogP contribution >= 0.6 is 0 Å². The molecule has 4 nitrogen and oxygen atoms in total. The molecule has 1 heterocycles. The van der Waals surface area contributed by atoms with Crippen LogP contribution in [0.15, 0.2) is 29.3 Å². The zero-order valence-electron chi connectivity index (χ0n) is 14.7. The molecule has 1 fully saturated rings. The summed E-state index contributed by atoms with van der Waals surface area (Å²) in [6.07, 6.45) is 8.69. The number of rotatable bonds is 4. The first-order chi connectivity index (χ1) is 10.7. The van der Waals surface area contributed by atoms with E-state index in [4.69, 9.17) is 0 Å². The zero-order valence-corrected chi connectivity index (χ0v) is 14.7. The standard InChI is InChI=1S/C19H30N2O2/c1-14-5-8-16(20-12-11-18(2,3)10-9-14)17(22)21-13-19(4,23)15-6-7-15/h5,8,15,23H,1,6-7,9-13H2,2-4H3,(H,21,22)/b8-5-,20-16?/t19-/m0/s1. The van der Waals surface area contributed by atoms with Gasteiger partial charge in [-0.2, -0.15) is 0 Å². The first-order valence-corrected chi connectivity index (χ1v) is 8.60. The molecule has 0 aromatic heterocycles. The van der Waals surface area contributed by atoms with Crippen molar-refractivity contribution in [1.82, 2.24) is 5.32 Å². The van der Waals surface area contributed by atoms with Crippen LogP contribution < -0.4 is 5.32 Å². The minimum absolute atomic E-state index is 0.203. The van der Waals surface area contributed by atoms with Crippen LogP contribution in [-0.4, -0.2) is 35.4 Å². The minimum Gasteiger partial charge on any atom is -0.388 e. The third-order valence-electron chi connectivity index (χ3n) is 4.97. The van der Waals surface area contributed by atoms with Gasteiger partial charge in [0.1, 0.15) is 5.71 Å². The molecule has 23 heavy (non-hydrogen) atoms. The van der Waals surface area contributed by atoms with E-state index < -0.39 is 5.60 Å². The monoisotopic (exact) mass is 318 g/mol. The van der Waals surface area contributed by atoms with E-state index in [2.05, 4.69) is 30.7 Å². The molecule has 4 heteroatoms. The molecule has 0 aromatic rings. The summed E-state index contributed by atoms with van der Waals surface area (Å²) in [5, 5.41) is 13.1. The van der Waals surface area contributed by atoms with Crippen molar-refractivity contribution in [2.24, 2.45) is 16.3 Å². The van der Waals surface area contributed by atoms with E-state index in [1.54, 1.807) is 13.0 Å². The molecule has 2 N–H and O–H groups in total. The van der Waals surface area contributed by atoms with Crippen LogP contribution in [0.4, 0.5) is 0 Å². The van der Waals surface area contributed by atoms with Gasteiger partial charge in [0.15, 0.2) is 0 Å². The van der Waals surface area contributed by atoms with E-state index in [0.29, 0.717) is 18.2 Å². The Morgan fingerprint density at radius 2 is 2.13 bits per heavy atom. The largest absolute Gasteiger partial charge is 0.388 e. The number of nitrogens with one attached hydrogen (secondary N) is 1. The lowest BCUT2D eigenvalue weighted by atomic mass is 9.83. The van der Waals surface area contributed by atoms with E-state index >= 15 is 0 Å². The average molecular weight is 318 g/mol. The number of aliphatic hydroxyl groups is 1. The molecule has 0 saturated heterocycles. The summed E-state index contributed by atoms with van der Waals surface area (Å²) in [5.41, 5.74) is 0.831. The lowest BCUT2D eigenvalue weighted by Crippen LogP contribution is -2.44. The van der Waals surface area contributed by atoms with E-state index in [1.165, 1.54) is 0 Å². The van der Waals surface area contributed by atoms with Crippen LogP contribution in [0.3, 0.4) is 0 Å². The zero-order chi connectivity index (χ0) is 17.1. The number of hydrogen-bond acceptors (Lipinski definition) is 3. The van der Waals surface area contributed by atoms with Crippen LogP contribution in [0, 0.1) is 11.3 Å². The predicted molar refractivity (Wildman–Crippen MR) is 94.6 cm³/mol. The molecule has 128 valence electrons. The minimum atomic E-state index is -0.818. The summed E-state index contributed by atoms with van der Waals surface area (Å²) < 4.78 is 0. The Morgan fingerprint density at radius 3 is 2.78 bits per heavy atom. The summed E-state index contributed by atoms with van der Waals surface area (Å²) in [6, 6.07) is 0. The molecule has 1 aliphatic carbocycles. The molecule has 0 spiro atoms. The van der Waals surface area contributed by atoms with Crippen LogP contribution in [0.1, 0.15) is 52.9 Å². The molecular formula is C19H30N2O2. The summed E-state index contributed by atoms with van der Waals surface area (Å²) in [4.78, 5) is 16.9. The van der Waals surface area contributed by atoms with Gasteiger partial charge in [-0.15, -0.1) is 0 Å². The second-order valence-corrected chi connectivity index (χ2v) is 7.99. The van der Waals surface area contributed by atoms with Gasteiger partial charge in [-0.05, 0) is 56.4 Å². The molecule has 1 aliphatic heterocycles. The Morgan fingerprint density at radius 1 is 1.43 bits per heavy atom. The quantitative estimate of drug-likeness (QED) is 0.837. The third kappa shape index (κ3) is 5.61. The molecule has 2 rings (SSSR count). The summed E-state index contributed by atoms with van der Waals surface area (Å²) in [7, 11) is 0. The molecule has 0 aromatic carbocycles. The molecule has 1 amide bonds. The van der Waals surface area contributed by atoms with Crippen molar-refractivity contribution in [2.45, 2.75) is 58.5 Å². The van der Waals surface area contributed by atoms with Crippen LogP contribution in [0.2, 0.25) is 0 Å². The Balaban J connectivity index is 2.00. The van der Waals surface area contributed by atoms with E-state index in [1.807, 2.05) is 6.08 Å². The van der Waals surface area contributed by atoms with Gasteiger partial charge in [0.2, 0.25) is 0 Å². The summed E-state index contributed by atoms with van der Waals surface area (Å²) in [5.74, 6) is 0.0956. The molecule has 0 unspecified atom stereocenters. The highest BCUT2D eigenvalue weighted by atomic mass is 16.3. The van der Waals surface area contributed by atoms with E-state index in [-0.39, 0.29) is 17.9 Å². The van der Waals surface area contributed by atoms with Crippen molar-refractivity contribution >= 4 is 11.6 Å². The Hall–Kier alpha value is -1.42. The number of amides is 1. The number of carbonyl (C=O) groups excluding carboxylic acids is 1. The Kier molecular flexibility index (Phi) is 5.45. The second-order valence-electron chi connectivity index (χ2n) is 7.99. The molecule has 1 saturated carbocycles. The average Bonchev–Trinajstić information content (AvgIpc) is 3.31. The van der Waals surface area contributed by atoms with Gasteiger partial charge in [-0.1, -0.05) is 32.1 Å². The van der Waals surface area contributed by atoms with Crippen molar-refractivity contribution in [3.8, 4) is 0 Å². The Bertz CT molecular complexity index is 525. The summed E-state index contributed by atoms with van der Waals surface area (Å²) in [6.45, 7) is 11.2. The van der Waals surface area contributed by atoms with Gasteiger partial charge in [0, 0.05) is 13.1 Å². The van der Waals surface area contributed by atoms with E-state index in [9.17, 15) is 9.90 Å². The lowest BCUT2D eigenvalue weighted by molar-refractivity contribution is -0.116. The van der Waals surface area contributed by atoms with Crippen molar-refractivity contribution in [3.05, 3.63) is 24.3 Å². The van der Waals surface area contributed by atoms with Crippen molar-refractivity contribution in [1.29, 1.82) is 0 Å². The van der Waals surface area contributed by atoms with Crippen molar-refractivity contribution in [2.75, 3.05) is 13.1 Å². The van der Waals surface area contributed by atoms with Crippen LogP contribution in [0.25, 0.3) is 0 Å². The molecule has 0 radical (unpaired) electrons. The van der Waals surface area contributed by atoms with Gasteiger partial charge in [0.05, 0.1) is 5.60 Å². The smallest absolute Gasteiger partial charge is 0.269 e. The molecule has 2 aliphatic rings. The highest BCUT2D eigenvalue weighted by Crippen LogP contribution is 2.39. The fourth-order valence-corrected chi connectivity index (χ4v) is 2.78. The highest BCUT2D eigenvalue weighted by molar-refractivity contribution is 6.43. The van der Waals surface area contributed by atoms with Gasteiger partial charge in [-0.25, -0.2) is 0 Å². The first kappa shape index (κ1) is 17.9. The van der Waals surface area contributed by atoms with Gasteiger partial charge in [0.25, 0.3) is 5.91 Å². The normalized spacial score (nSPS) is 25.9. The van der Waals surface area contributed by atoms with Crippen LogP contribution in [-0.2, 0) is 4.79 Å². The maximum Gasteiger partial charge on any atom is 0.269 e. The first-order valence-electron chi connectivity index (χ1n) is 8.60. The lowest BCUT2D eigenvalue weighted by Gasteiger charge is -2.25. The van der Waals surface area contributed by atoms with Crippen molar-refractivity contribution in [3.63, 3.8) is 0 Å². The SMILES string of the molecule is C=C1/C=C\C(C(=O)NC[C@](C)(O)C2CC2)=NCCC(C)(C)CC1. The summed E-state index contributed by atoms with van der Waals surface area (Å²) >= 11 is 0. The van der Waals surface area contributed by atoms with Gasteiger partial charge >= 0.3 is 0 Å². The predicted octanol–water partition coefficient (Wildman–Crippen LogP) is 3.03. The molecular weight excluding hydrogens is 288 g/mol. The fourth-order valence-electron chi connectivity index (χ4n) is 2.78. The molecule has 1 atom stereocenters.